The Bertz CT molecular complexity index is 1350. The average molecular weight is 609 g/mol. The van der Waals surface area contributed by atoms with Gasteiger partial charge >= 0.3 is 0 Å². The molecule has 2 aromatic rings. The highest BCUT2D eigenvalue weighted by atomic mass is 16.5. The first-order valence-corrected chi connectivity index (χ1v) is 14.9. The lowest BCUT2D eigenvalue weighted by Gasteiger charge is -2.27. The standard InChI is InChI=1S/C25H33N3O6.C6H7N3O/c1-2-3-4-5-6-7-15-26-20(29)12-9-16-34-19-11-8-10-17-22(19)25(33)28(24(17)32)18-13-14-21(30)27-23(18)31;7-5-1-6(9-4-10)3-8-2-5/h8,10-11,18H,2-7,9,12-16H2,1H3,(H,26,29)(H,27,30,31);1-4H,7H2,(H,9,10). The molecule has 1 saturated heterocycles. The number of hydrogen-bond acceptors (Lipinski definition) is 9. The molecule has 1 fully saturated rings. The first-order valence-electron chi connectivity index (χ1n) is 14.9. The Hall–Kier alpha value is -4.81. The molecule has 4 rings (SSSR count). The van der Waals surface area contributed by atoms with Gasteiger partial charge in [0.2, 0.25) is 24.1 Å². The van der Waals surface area contributed by atoms with Crippen molar-refractivity contribution in [2.75, 3.05) is 24.2 Å². The third-order valence-electron chi connectivity index (χ3n) is 7.07. The normalized spacial score (nSPS) is 15.6. The predicted molar refractivity (Wildman–Crippen MR) is 163 cm³/mol. The molecule has 2 aliphatic heterocycles. The fraction of sp³-hybridized carbons (Fsp3) is 0.452. The maximum Gasteiger partial charge on any atom is 0.266 e. The fourth-order valence-corrected chi connectivity index (χ4v) is 4.85. The quantitative estimate of drug-likeness (QED) is 0.134. The van der Waals surface area contributed by atoms with Crippen molar-refractivity contribution in [1.29, 1.82) is 0 Å². The van der Waals surface area contributed by atoms with E-state index in [0.717, 1.165) is 17.7 Å². The minimum atomic E-state index is -1.02. The highest BCUT2D eigenvalue weighted by molar-refractivity contribution is 6.24. The number of piperidine rings is 1. The maximum atomic E-state index is 13.0. The van der Waals surface area contributed by atoms with Gasteiger partial charge in [-0.1, -0.05) is 45.1 Å². The van der Waals surface area contributed by atoms with Crippen molar-refractivity contribution < 1.29 is 33.5 Å². The molecule has 13 nitrogen and oxygen atoms in total. The summed E-state index contributed by atoms with van der Waals surface area (Å²) < 4.78 is 5.74. The van der Waals surface area contributed by atoms with E-state index in [0.29, 0.717) is 37.2 Å². The number of nitrogens with zero attached hydrogens (tertiary/aromatic N) is 2. The maximum absolute atomic E-state index is 13.0. The van der Waals surface area contributed by atoms with Crippen molar-refractivity contribution in [3.05, 3.63) is 47.8 Å². The van der Waals surface area contributed by atoms with Gasteiger partial charge in [0.15, 0.2) is 0 Å². The molecule has 1 aromatic heterocycles. The van der Waals surface area contributed by atoms with Crippen molar-refractivity contribution in [2.45, 2.75) is 77.2 Å². The number of imide groups is 2. The monoisotopic (exact) mass is 608 g/mol. The van der Waals surface area contributed by atoms with Gasteiger partial charge < -0.3 is 21.1 Å². The second-order valence-corrected chi connectivity index (χ2v) is 10.5. The number of ether oxygens (including phenoxy) is 1. The smallest absolute Gasteiger partial charge is 0.266 e. The molecule has 0 bridgehead atoms. The summed E-state index contributed by atoms with van der Waals surface area (Å²) in [6.45, 7) is 3.06. The van der Waals surface area contributed by atoms with Crippen molar-refractivity contribution >= 4 is 47.3 Å². The van der Waals surface area contributed by atoms with Crippen molar-refractivity contribution in [2.24, 2.45) is 0 Å². The van der Waals surface area contributed by atoms with Gasteiger partial charge in [0.25, 0.3) is 11.8 Å². The van der Waals surface area contributed by atoms with Crippen LogP contribution < -0.4 is 26.4 Å². The Labute approximate surface area is 256 Å². The number of amides is 6. The summed E-state index contributed by atoms with van der Waals surface area (Å²) in [7, 11) is 0. The van der Waals surface area contributed by atoms with E-state index in [1.807, 2.05) is 0 Å². The average Bonchev–Trinajstić information content (AvgIpc) is 3.25. The highest BCUT2D eigenvalue weighted by Gasteiger charge is 2.45. The fourth-order valence-electron chi connectivity index (χ4n) is 4.85. The van der Waals surface area contributed by atoms with Gasteiger partial charge in [0.1, 0.15) is 11.8 Å². The number of benzene rings is 1. The van der Waals surface area contributed by atoms with Gasteiger partial charge in [-0.3, -0.25) is 44.0 Å². The highest BCUT2D eigenvalue weighted by Crippen LogP contribution is 2.33. The van der Waals surface area contributed by atoms with E-state index in [-0.39, 0.29) is 42.2 Å². The number of carbonyl (C=O) groups excluding carboxylic acids is 6. The van der Waals surface area contributed by atoms with E-state index in [2.05, 4.69) is 27.9 Å². The van der Waals surface area contributed by atoms with Crippen LogP contribution in [0.15, 0.2) is 36.7 Å². The Morgan fingerprint density at radius 2 is 1.86 bits per heavy atom. The van der Waals surface area contributed by atoms with Crippen molar-refractivity contribution in [3.8, 4) is 5.75 Å². The number of rotatable bonds is 15. The predicted octanol–water partition coefficient (Wildman–Crippen LogP) is 2.96. The molecule has 13 heteroatoms. The summed E-state index contributed by atoms with van der Waals surface area (Å²) in [6.07, 6.45) is 11.5. The largest absolute Gasteiger partial charge is 0.493 e. The molecule has 0 aliphatic carbocycles. The lowest BCUT2D eigenvalue weighted by molar-refractivity contribution is -0.136. The van der Waals surface area contributed by atoms with Crippen LogP contribution in [0.5, 0.6) is 5.75 Å². The Morgan fingerprint density at radius 1 is 1.09 bits per heavy atom. The number of fused-ring (bicyclic) bond motifs is 1. The molecule has 6 amide bonds. The third kappa shape index (κ3) is 9.61. The van der Waals surface area contributed by atoms with Crippen LogP contribution in [0.2, 0.25) is 0 Å². The third-order valence-corrected chi connectivity index (χ3v) is 7.07. The van der Waals surface area contributed by atoms with Gasteiger partial charge in [-0.05, 0) is 37.5 Å². The molecule has 44 heavy (non-hydrogen) atoms. The Balaban J connectivity index is 0.000000448. The van der Waals surface area contributed by atoms with E-state index >= 15 is 0 Å². The molecule has 0 spiro atoms. The van der Waals surface area contributed by atoms with Gasteiger partial charge in [-0.2, -0.15) is 0 Å². The van der Waals surface area contributed by atoms with Crippen LogP contribution in [0, 0.1) is 0 Å². The number of aromatic nitrogens is 1. The summed E-state index contributed by atoms with van der Waals surface area (Å²) in [4.78, 5) is 76.1. The molecule has 3 heterocycles. The summed E-state index contributed by atoms with van der Waals surface area (Å²) in [5, 5.41) is 7.52. The van der Waals surface area contributed by atoms with Crippen LogP contribution in [0.1, 0.15) is 91.8 Å². The number of pyridine rings is 1. The SMILES string of the molecule is CCCCCCCCNC(=O)CCCOc1cccc2c1C(=O)N(C1CCC(=O)NC1=O)C2=O.Nc1cncc(NC=O)c1. The number of carbonyl (C=O) groups is 6. The topological polar surface area (TPSA) is 190 Å². The first kappa shape index (κ1) is 33.7. The number of nitrogen functional groups attached to an aromatic ring is 1. The second-order valence-electron chi connectivity index (χ2n) is 10.5. The first-order chi connectivity index (χ1) is 21.3. The molecular weight excluding hydrogens is 568 g/mol. The number of nitrogens with two attached hydrogens (primary N) is 1. The second kappa shape index (κ2) is 17.3. The van der Waals surface area contributed by atoms with E-state index < -0.39 is 29.7 Å². The summed E-state index contributed by atoms with van der Waals surface area (Å²) in [5.74, 6) is -2.04. The zero-order valence-corrected chi connectivity index (χ0v) is 24.9. The minimum Gasteiger partial charge on any atom is -0.493 e. The van der Waals surface area contributed by atoms with E-state index in [9.17, 15) is 28.8 Å². The van der Waals surface area contributed by atoms with Gasteiger partial charge in [0.05, 0.1) is 35.3 Å². The van der Waals surface area contributed by atoms with Gasteiger partial charge in [-0.25, -0.2) is 0 Å². The molecule has 236 valence electrons. The summed E-state index contributed by atoms with van der Waals surface area (Å²) >= 11 is 0. The summed E-state index contributed by atoms with van der Waals surface area (Å²) in [5.41, 5.74) is 6.80. The Kier molecular flexibility index (Phi) is 13.3. The molecule has 0 saturated carbocycles. The van der Waals surface area contributed by atoms with Crippen LogP contribution in [0.4, 0.5) is 11.4 Å². The number of nitrogens with one attached hydrogen (secondary N) is 3. The number of unbranched alkanes of at least 4 members (excludes halogenated alkanes) is 5. The molecule has 5 N–H and O–H groups in total. The summed E-state index contributed by atoms with van der Waals surface area (Å²) in [6, 6.07) is 5.33. The van der Waals surface area contributed by atoms with Gasteiger partial charge in [-0.15, -0.1) is 0 Å². The molecule has 2 aliphatic rings. The van der Waals surface area contributed by atoms with E-state index in [1.54, 1.807) is 18.2 Å². The van der Waals surface area contributed by atoms with Crippen LogP contribution in [0.25, 0.3) is 0 Å². The molecular formula is C31H40N6O7. The molecule has 1 unspecified atom stereocenters. The van der Waals surface area contributed by atoms with E-state index in [1.165, 1.54) is 44.1 Å². The van der Waals surface area contributed by atoms with Crippen LogP contribution >= 0.6 is 0 Å². The van der Waals surface area contributed by atoms with E-state index in [4.69, 9.17) is 10.5 Å². The number of hydrogen-bond donors (Lipinski definition) is 4. The van der Waals surface area contributed by atoms with Gasteiger partial charge in [0, 0.05) is 25.6 Å². The molecule has 1 atom stereocenters. The molecule has 0 radical (unpaired) electrons. The van der Waals surface area contributed by atoms with Crippen LogP contribution in [-0.4, -0.2) is 65.0 Å². The van der Waals surface area contributed by atoms with Crippen molar-refractivity contribution in [1.82, 2.24) is 20.5 Å². The van der Waals surface area contributed by atoms with Crippen LogP contribution in [0.3, 0.4) is 0 Å². The number of anilines is 2. The molecule has 1 aromatic carbocycles. The lowest BCUT2D eigenvalue weighted by atomic mass is 10.0. The lowest BCUT2D eigenvalue weighted by Crippen LogP contribution is -2.54. The zero-order valence-electron chi connectivity index (χ0n) is 24.9. The zero-order chi connectivity index (χ0) is 31.9. The minimum absolute atomic E-state index is 0.0364. The Morgan fingerprint density at radius 3 is 2.59 bits per heavy atom. The van der Waals surface area contributed by atoms with Crippen molar-refractivity contribution in [3.63, 3.8) is 0 Å². The van der Waals surface area contributed by atoms with Crippen LogP contribution in [-0.2, 0) is 19.2 Å².